The molecule has 1 rings (SSSR count). The van der Waals surface area contributed by atoms with E-state index in [2.05, 4.69) is 14.8 Å². The van der Waals surface area contributed by atoms with Crippen molar-refractivity contribution in [1.29, 1.82) is 0 Å². The topological polar surface area (TPSA) is 75.2 Å². The summed E-state index contributed by atoms with van der Waals surface area (Å²) in [5.41, 5.74) is 0. The molecule has 6 nitrogen and oxygen atoms in total. The van der Waals surface area contributed by atoms with Gasteiger partial charge in [0, 0.05) is 14.1 Å². The van der Waals surface area contributed by atoms with Crippen LogP contribution in [0.2, 0.25) is 5.28 Å². The van der Waals surface area contributed by atoms with Gasteiger partial charge in [-0.1, -0.05) is 0 Å². The molecule has 1 N–H and O–H groups in total. The molecule has 8 heteroatoms. The summed E-state index contributed by atoms with van der Waals surface area (Å²) in [6, 6.07) is 0. The first-order chi connectivity index (χ1) is 6.42. The highest BCUT2D eigenvalue weighted by molar-refractivity contribution is 7.89. The summed E-state index contributed by atoms with van der Waals surface area (Å²) in [6.07, 6.45) is 2.28. The first kappa shape index (κ1) is 11.3. The smallest absolute Gasteiger partial charge is 0.237 e. The van der Waals surface area contributed by atoms with Crippen molar-refractivity contribution in [2.45, 2.75) is 4.90 Å². The van der Waals surface area contributed by atoms with Crippen LogP contribution in [0, 0.1) is 0 Å². The van der Waals surface area contributed by atoms with Gasteiger partial charge in [-0.2, -0.15) is 0 Å². The Labute approximate surface area is 86.9 Å². The maximum absolute atomic E-state index is 11.5. The molecule has 14 heavy (non-hydrogen) atoms. The third-order valence-corrected chi connectivity index (χ3v) is 2.84. The first-order valence-corrected chi connectivity index (χ1v) is 5.45. The summed E-state index contributed by atoms with van der Waals surface area (Å²) in [5, 5.41) is 1.32. The monoisotopic (exact) mass is 236 g/mol. The van der Waals surface area contributed by atoms with Gasteiger partial charge in [0.15, 0.2) is 0 Å². The Morgan fingerprint density at radius 3 is 2.29 bits per heavy atom. The van der Waals surface area contributed by atoms with Crippen LogP contribution in [0.1, 0.15) is 0 Å². The minimum atomic E-state index is -3.58. The highest BCUT2D eigenvalue weighted by Crippen LogP contribution is 2.07. The Balaban J connectivity index is 2.99. The van der Waals surface area contributed by atoms with Crippen LogP contribution < -0.4 is 4.83 Å². The van der Waals surface area contributed by atoms with Crippen LogP contribution in [0.25, 0.3) is 0 Å². The summed E-state index contributed by atoms with van der Waals surface area (Å²) < 4.78 is 23.0. The molecule has 0 aliphatic rings. The number of aromatic nitrogens is 2. The molecule has 78 valence electrons. The van der Waals surface area contributed by atoms with Crippen LogP contribution in [0.15, 0.2) is 17.3 Å². The van der Waals surface area contributed by atoms with E-state index in [4.69, 9.17) is 11.6 Å². The zero-order valence-corrected chi connectivity index (χ0v) is 9.17. The highest BCUT2D eigenvalue weighted by Gasteiger charge is 2.15. The summed E-state index contributed by atoms with van der Waals surface area (Å²) in [6.45, 7) is 0. The molecule has 0 fully saturated rings. The van der Waals surface area contributed by atoms with E-state index in [9.17, 15) is 8.42 Å². The molecular formula is C6H9ClN4O2S. The number of hydrogen-bond donors (Lipinski definition) is 1. The van der Waals surface area contributed by atoms with Crippen molar-refractivity contribution < 1.29 is 8.42 Å². The molecule has 0 unspecified atom stereocenters. The first-order valence-electron chi connectivity index (χ1n) is 3.59. The van der Waals surface area contributed by atoms with Crippen LogP contribution in [-0.2, 0) is 10.0 Å². The molecule has 0 bridgehead atoms. The van der Waals surface area contributed by atoms with Gasteiger partial charge < -0.3 is 0 Å². The van der Waals surface area contributed by atoms with Gasteiger partial charge in [0.2, 0.25) is 5.28 Å². The van der Waals surface area contributed by atoms with Crippen molar-refractivity contribution in [2.75, 3.05) is 14.1 Å². The standard InChI is InChI=1S/C6H9ClN4O2S/c1-11(2)10-14(12,13)5-3-8-6(7)9-4-5/h3-4,10H,1-2H3. The average Bonchev–Trinajstić information content (AvgIpc) is 2.02. The molecule has 0 atom stereocenters. The van der Waals surface area contributed by atoms with Crippen LogP contribution in [0.3, 0.4) is 0 Å². The molecule has 0 spiro atoms. The maximum Gasteiger partial charge on any atom is 0.256 e. The Morgan fingerprint density at radius 1 is 1.36 bits per heavy atom. The van der Waals surface area contributed by atoms with E-state index >= 15 is 0 Å². The second kappa shape index (κ2) is 4.18. The average molecular weight is 237 g/mol. The Hall–Kier alpha value is -0.760. The molecule has 0 aliphatic heterocycles. The second-order valence-electron chi connectivity index (χ2n) is 2.68. The maximum atomic E-state index is 11.5. The summed E-state index contributed by atoms with van der Waals surface area (Å²) in [4.78, 5) is 9.34. The predicted molar refractivity (Wildman–Crippen MR) is 51.1 cm³/mol. The van der Waals surface area contributed by atoms with Crippen LogP contribution in [0.4, 0.5) is 0 Å². The fraction of sp³-hybridized carbons (Fsp3) is 0.333. The van der Waals surface area contributed by atoms with Crippen molar-refractivity contribution in [3.63, 3.8) is 0 Å². The number of sulfonamides is 1. The van der Waals surface area contributed by atoms with E-state index in [0.717, 1.165) is 12.4 Å². The van der Waals surface area contributed by atoms with E-state index in [1.165, 1.54) is 5.01 Å². The third-order valence-electron chi connectivity index (χ3n) is 1.21. The van der Waals surface area contributed by atoms with E-state index in [1.54, 1.807) is 14.1 Å². The lowest BCUT2D eigenvalue weighted by molar-refractivity contribution is 0.364. The lowest BCUT2D eigenvalue weighted by Crippen LogP contribution is -2.36. The van der Waals surface area contributed by atoms with Gasteiger partial charge in [-0.05, 0) is 11.6 Å². The zero-order valence-electron chi connectivity index (χ0n) is 7.60. The number of rotatable bonds is 3. The minimum Gasteiger partial charge on any atom is -0.237 e. The fourth-order valence-electron chi connectivity index (χ4n) is 0.732. The van der Waals surface area contributed by atoms with Crippen LogP contribution in [0.5, 0.6) is 0 Å². The van der Waals surface area contributed by atoms with Gasteiger partial charge in [-0.3, -0.25) is 0 Å². The summed E-state index contributed by atoms with van der Waals surface area (Å²) >= 11 is 5.42. The highest BCUT2D eigenvalue weighted by atomic mass is 35.5. The molecule has 1 aromatic heterocycles. The molecule has 1 heterocycles. The van der Waals surface area contributed by atoms with Gasteiger partial charge in [0.25, 0.3) is 10.0 Å². The SMILES string of the molecule is CN(C)NS(=O)(=O)c1cnc(Cl)nc1. The predicted octanol–water partition coefficient (Wildman–Crippen LogP) is -0.115. The third kappa shape index (κ3) is 2.88. The minimum absolute atomic E-state index is 0.00815. The molecule has 0 saturated carbocycles. The fourth-order valence-corrected chi connectivity index (χ4v) is 1.80. The van der Waals surface area contributed by atoms with Gasteiger partial charge in [-0.15, -0.1) is 4.83 Å². The quantitative estimate of drug-likeness (QED) is 0.585. The van der Waals surface area contributed by atoms with Crippen molar-refractivity contribution in [2.24, 2.45) is 0 Å². The van der Waals surface area contributed by atoms with Gasteiger partial charge in [0.1, 0.15) is 4.90 Å². The number of hydrogen-bond acceptors (Lipinski definition) is 5. The lowest BCUT2D eigenvalue weighted by Gasteiger charge is -2.11. The Morgan fingerprint density at radius 2 is 1.86 bits per heavy atom. The zero-order chi connectivity index (χ0) is 10.8. The lowest BCUT2D eigenvalue weighted by atomic mass is 10.7. The Bertz CT molecular complexity index is 402. The normalized spacial score (nSPS) is 12.0. The molecule has 0 amide bonds. The van der Waals surface area contributed by atoms with E-state index in [1.807, 2.05) is 0 Å². The molecule has 1 aromatic rings. The van der Waals surface area contributed by atoms with Crippen LogP contribution >= 0.6 is 11.6 Å². The van der Waals surface area contributed by atoms with Crippen LogP contribution in [-0.4, -0.2) is 37.5 Å². The number of nitrogens with one attached hydrogen (secondary N) is 1. The van der Waals surface area contributed by atoms with E-state index < -0.39 is 10.0 Å². The molecule has 0 saturated heterocycles. The molecule has 0 radical (unpaired) electrons. The van der Waals surface area contributed by atoms with Gasteiger partial charge in [-0.25, -0.2) is 23.4 Å². The van der Waals surface area contributed by atoms with Crippen molar-refractivity contribution in [3.8, 4) is 0 Å². The molecule has 0 aliphatic carbocycles. The van der Waals surface area contributed by atoms with Crippen molar-refractivity contribution in [3.05, 3.63) is 17.7 Å². The summed E-state index contributed by atoms with van der Waals surface area (Å²) in [7, 11) is -0.456. The van der Waals surface area contributed by atoms with E-state index in [0.29, 0.717) is 0 Å². The van der Waals surface area contributed by atoms with Gasteiger partial charge >= 0.3 is 0 Å². The molecular weight excluding hydrogens is 228 g/mol. The number of halogens is 1. The Kier molecular flexibility index (Phi) is 3.38. The largest absolute Gasteiger partial charge is 0.256 e. The molecule has 0 aromatic carbocycles. The van der Waals surface area contributed by atoms with Gasteiger partial charge in [0.05, 0.1) is 12.4 Å². The second-order valence-corrected chi connectivity index (χ2v) is 4.68. The van der Waals surface area contributed by atoms with Crippen molar-refractivity contribution in [1.82, 2.24) is 19.8 Å². The van der Waals surface area contributed by atoms with Crippen molar-refractivity contribution >= 4 is 21.6 Å². The number of hydrazine groups is 1. The van der Waals surface area contributed by atoms with E-state index in [-0.39, 0.29) is 10.2 Å². The number of nitrogens with zero attached hydrogens (tertiary/aromatic N) is 3. The summed E-state index contributed by atoms with van der Waals surface area (Å²) in [5.74, 6) is 0.